The average Bonchev–Trinajstić information content (AvgIpc) is 3.43. The van der Waals surface area contributed by atoms with Crippen molar-refractivity contribution in [3.8, 4) is 23.1 Å². The summed E-state index contributed by atoms with van der Waals surface area (Å²) in [6.07, 6.45) is 3.83. The van der Waals surface area contributed by atoms with Gasteiger partial charge in [0.05, 0.1) is 12.8 Å². The molecule has 0 bridgehead atoms. The molecule has 0 aliphatic carbocycles. The van der Waals surface area contributed by atoms with Gasteiger partial charge in [0.25, 0.3) is 0 Å². The van der Waals surface area contributed by atoms with Crippen LogP contribution in [-0.2, 0) is 6.54 Å². The van der Waals surface area contributed by atoms with Crippen LogP contribution in [0.1, 0.15) is 30.3 Å². The summed E-state index contributed by atoms with van der Waals surface area (Å²) in [6.45, 7) is 2.82. The number of benzene rings is 1. The van der Waals surface area contributed by atoms with E-state index in [1.54, 1.807) is 6.26 Å². The summed E-state index contributed by atoms with van der Waals surface area (Å²) in [4.78, 5) is 6.82. The fourth-order valence-corrected chi connectivity index (χ4v) is 3.66. The van der Waals surface area contributed by atoms with Gasteiger partial charge in [-0.25, -0.2) is 0 Å². The first-order valence-electron chi connectivity index (χ1n) is 8.87. The average molecular weight is 353 g/mol. The number of likely N-dealkylation sites (tertiary alicyclic amines) is 1. The largest absolute Gasteiger partial charge is 0.486 e. The highest BCUT2D eigenvalue weighted by molar-refractivity contribution is 5.45. The molecule has 0 radical (unpaired) electrons. The van der Waals surface area contributed by atoms with Gasteiger partial charge in [0, 0.05) is 6.04 Å². The monoisotopic (exact) mass is 353 g/mol. The highest BCUT2D eigenvalue weighted by atomic mass is 16.6. The van der Waals surface area contributed by atoms with Crippen LogP contribution in [0.5, 0.6) is 11.5 Å². The molecule has 7 nitrogen and oxygen atoms in total. The number of aromatic nitrogens is 2. The molecule has 5 rings (SSSR count). The Hall–Kier alpha value is -2.80. The molecule has 26 heavy (non-hydrogen) atoms. The van der Waals surface area contributed by atoms with Gasteiger partial charge in [-0.3, -0.25) is 4.90 Å². The standard InChI is InChI=1S/C19H19N3O4/c1-3-14(13-5-6-15-17(11-13)25-10-9-24-15)22(7-1)12-18-20-19(21-26-18)16-4-2-8-23-16/h2,4-6,8,11,14H,1,3,7,9-10,12H2. The minimum absolute atomic E-state index is 0.310. The van der Waals surface area contributed by atoms with Gasteiger partial charge in [-0.2, -0.15) is 4.98 Å². The smallest absolute Gasteiger partial charge is 0.241 e. The van der Waals surface area contributed by atoms with Gasteiger partial charge in [-0.1, -0.05) is 11.2 Å². The summed E-state index contributed by atoms with van der Waals surface area (Å²) in [7, 11) is 0. The second-order valence-corrected chi connectivity index (χ2v) is 6.52. The highest BCUT2D eigenvalue weighted by Gasteiger charge is 2.29. The number of rotatable bonds is 4. The Morgan fingerprint density at radius 3 is 2.92 bits per heavy atom. The number of nitrogens with zero attached hydrogens (tertiary/aromatic N) is 3. The summed E-state index contributed by atoms with van der Waals surface area (Å²) < 4.78 is 22.1. The molecule has 2 aromatic heterocycles. The molecule has 2 aliphatic rings. The van der Waals surface area contributed by atoms with Gasteiger partial charge in [-0.05, 0) is 49.2 Å². The van der Waals surface area contributed by atoms with Crippen molar-refractivity contribution in [1.82, 2.24) is 15.0 Å². The third kappa shape index (κ3) is 2.84. The van der Waals surface area contributed by atoms with Crippen LogP contribution in [-0.4, -0.2) is 34.8 Å². The number of fused-ring (bicyclic) bond motifs is 1. The molecule has 1 aromatic carbocycles. The summed E-state index contributed by atoms with van der Waals surface area (Å²) in [5.41, 5.74) is 1.23. The van der Waals surface area contributed by atoms with Crippen LogP contribution in [0.4, 0.5) is 0 Å². The van der Waals surface area contributed by atoms with E-state index in [0.29, 0.717) is 43.3 Å². The first-order chi connectivity index (χ1) is 12.9. The zero-order valence-corrected chi connectivity index (χ0v) is 14.3. The SMILES string of the molecule is c1coc(-c2noc(CN3CCCC3c3ccc4c(c3)OCCO4)n2)c1. The molecule has 0 saturated carbocycles. The van der Waals surface area contributed by atoms with Crippen LogP contribution in [0.2, 0.25) is 0 Å². The molecular weight excluding hydrogens is 334 g/mol. The predicted octanol–water partition coefficient (Wildman–Crippen LogP) is 3.44. The fraction of sp³-hybridized carbons (Fsp3) is 0.368. The zero-order valence-electron chi connectivity index (χ0n) is 14.3. The highest BCUT2D eigenvalue weighted by Crippen LogP contribution is 2.38. The summed E-state index contributed by atoms with van der Waals surface area (Å²) in [5.74, 6) is 3.36. The van der Waals surface area contributed by atoms with Crippen molar-refractivity contribution >= 4 is 0 Å². The molecule has 0 spiro atoms. The van der Waals surface area contributed by atoms with Gasteiger partial charge in [0.15, 0.2) is 17.3 Å². The second kappa shape index (κ2) is 6.49. The van der Waals surface area contributed by atoms with Crippen molar-refractivity contribution in [3.05, 3.63) is 48.0 Å². The van der Waals surface area contributed by atoms with Crippen molar-refractivity contribution in [3.63, 3.8) is 0 Å². The predicted molar refractivity (Wildman–Crippen MR) is 91.8 cm³/mol. The number of ether oxygens (including phenoxy) is 2. The topological polar surface area (TPSA) is 73.8 Å². The van der Waals surface area contributed by atoms with Gasteiger partial charge in [0.2, 0.25) is 11.7 Å². The van der Waals surface area contributed by atoms with Crippen LogP contribution >= 0.6 is 0 Å². The molecule has 0 amide bonds. The Morgan fingerprint density at radius 2 is 2.04 bits per heavy atom. The van der Waals surface area contributed by atoms with E-state index < -0.39 is 0 Å². The maximum absolute atomic E-state index is 5.73. The molecule has 7 heteroatoms. The van der Waals surface area contributed by atoms with Crippen molar-refractivity contribution in [2.45, 2.75) is 25.4 Å². The van der Waals surface area contributed by atoms with Crippen molar-refractivity contribution in [2.24, 2.45) is 0 Å². The van der Waals surface area contributed by atoms with E-state index in [2.05, 4.69) is 27.2 Å². The molecule has 1 saturated heterocycles. The Labute approximate surface area is 150 Å². The van der Waals surface area contributed by atoms with Crippen LogP contribution in [0.15, 0.2) is 45.5 Å². The summed E-state index contributed by atoms with van der Waals surface area (Å²) >= 11 is 0. The molecule has 3 aromatic rings. The Balaban J connectivity index is 1.34. The van der Waals surface area contributed by atoms with E-state index in [9.17, 15) is 0 Å². The maximum Gasteiger partial charge on any atom is 0.241 e. The van der Waals surface area contributed by atoms with Gasteiger partial charge in [0.1, 0.15) is 13.2 Å². The molecule has 134 valence electrons. The lowest BCUT2D eigenvalue weighted by Crippen LogP contribution is -2.23. The van der Waals surface area contributed by atoms with Crippen molar-refractivity contribution in [2.75, 3.05) is 19.8 Å². The van der Waals surface area contributed by atoms with E-state index in [-0.39, 0.29) is 0 Å². The first kappa shape index (κ1) is 15.5. The Morgan fingerprint density at radius 1 is 1.12 bits per heavy atom. The van der Waals surface area contributed by atoms with E-state index in [1.807, 2.05) is 18.2 Å². The maximum atomic E-state index is 5.73. The molecule has 0 N–H and O–H groups in total. The van der Waals surface area contributed by atoms with Crippen LogP contribution < -0.4 is 9.47 Å². The van der Waals surface area contributed by atoms with E-state index in [4.69, 9.17) is 18.4 Å². The van der Waals surface area contributed by atoms with Gasteiger partial charge in [-0.15, -0.1) is 0 Å². The molecular formula is C19H19N3O4. The van der Waals surface area contributed by atoms with Crippen LogP contribution in [0.3, 0.4) is 0 Å². The lowest BCUT2D eigenvalue weighted by molar-refractivity contribution is 0.170. The molecule has 4 heterocycles. The van der Waals surface area contributed by atoms with Crippen molar-refractivity contribution in [1.29, 1.82) is 0 Å². The lowest BCUT2D eigenvalue weighted by Gasteiger charge is -2.25. The number of hydrogen-bond donors (Lipinski definition) is 0. The summed E-state index contributed by atoms with van der Waals surface area (Å²) in [6, 6.07) is 10.2. The minimum Gasteiger partial charge on any atom is -0.486 e. The van der Waals surface area contributed by atoms with E-state index in [0.717, 1.165) is 30.9 Å². The summed E-state index contributed by atoms with van der Waals surface area (Å²) in [5, 5.41) is 4.01. The van der Waals surface area contributed by atoms with Crippen molar-refractivity contribution < 1.29 is 18.4 Å². The second-order valence-electron chi connectivity index (χ2n) is 6.52. The van der Waals surface area contributed by atoms with E-state index in [1.165, 1.54) is 5.56 Å². The van der Waals surface area contributed by atoms with Crippen LogP contribution in [0, 0.1) is 0 Å². The number of hydrogen-bond acceptors (Lipinski definition) is 7. The molecule has 1 atom stereocenters. The molecule has 1 fully saturated rings. The van der Waals surface area contributed by atoms with Crippen LogP contribution in [0.25, 0.3) is 11.6 Å². The molecule has 1 unspecified atom stereocenters. The van der Waals surface area contributed by atoms with Gasteiger partial charge < -0.3 is 18.4 Å². The Kier molecular flexibility index (Phi) is 3.86. The van der Waals surface area contributed by atoms with Gasteiger partial charge >= 0.3 is 0 Å². The fourth-order valence-electron chi connectivity index (χ4n) is 3.66. The van der Waals surface area contributed by atoms with E-state index >= 15 is 0 Å². The lowest BCUT2D eigenvalue weighted by atomic mass is 10.0. The third-order valence-electron chi connectivity index (χ3n) is 4.86. The minimum atomic E-state index is 0.310. The number of furan rings is 1. The zero-order chi connectivity index (χ0) is 17.3. The first-order valence-corrected chi connectivity index (χ1v) is 8.87. The quantitative estimate of drug-likeness (QED) is 0.711. The molecule has 2 aliphatic heterocycles. The third-order valence-corrected chi connectivity index (χ3v) is 4.86. The Bertz CT molecular complexity index is 890. The normalized spacial score (nSPS) is 19.8.